The van der Waals surface area contributed by atoms with E-state index in [0.717, 1.165) is 36.8 Å². The van der Waals surface area contributed by atoms with Gasteiger partial charge in [0.15, 0.2) is 0 Å². The SMILES string of the molecule is CCCCCC(Cc1ccc(O)cc1C)C(=O)OC. The molecule has 3 nitrogen and oxygen atoms in total. The van der Waals surface area contributed by atoms with E-state index >= 15 is 0 Å². The fraction of sp³-hybridized carbons (Fsp3) is 0.562. The van der Waals surface area contributed by atoms with E-state index in [1.807, 2.05) is 13.0 Å². The summed E-state index contributed by atoms with van der Waals surface area (Å²) >= 11 is 0. The van der Waals surface area contributed by atoms with E-state index in [1.165, 1.54) is 7.11 Å². The minimum Gasteiger partial charge on any atom is -0.508 e. The summed E-state index contributed by atoms with van der Waals surface area (Å²) in [5.41, 5.74) is 2.12. The predicted octanol–water partition coefficient (Wildman–Crippen LogP) is 3.61. The molecule has 106 valence electrons. The van der Waals surface area contributed by atoms with Crippen molar-refractivity contribution in [3.05, 3.63) is 29.3 Å². The van der Waals surface area contributed by atoms with Gasteiger partial charge in [0.25, 0.3) is 0 Å². The lowest BCUT2D eigenvalue weighted by atomic mass is 9.91. The van der Waals surface area contributed by atoms with Crippen LogP contribution < -0.4 is 0 Å². The van der Waals surface area contributed by atoms with Gasteiger partial charge in [-0.2, -0.15) is 0 Å². The molecule has 0 fully saturated rings. The summed E-state index contributed by atoms with van der Waals surface area (Å²) in [6.07, 6.45) is 4.88. The van der Waals surface area contributed by atoms with Crippen LogP contribution in [0, 0.1) is 12.8 Å². The smallest absolute Gasteiger partial charge is 0.308 e. The van der Waals surface area contributed by atoms with E-state index in [9.17, 15) is 9.90 Å². The van der Waals surface area contributed by atoms with Gasteiger partial charge < -0.3 is 9.84 Å². The van der Waals surface area contributed by atoms with E-state index in [4.69, 9.17) is 4.74 Å². The Morgan fingerprint density at radius 3 is 2.68 bits per heavy atom. The van der Waals surface area contributed by atoms with Gasteiger partial charge in [0.2, 0.25) is 0 Å². The molecule has 3 heteroatoms. The average Bonchev–Trinajstić information content (AvgIpc) is 2.39. The molecule has 1 atom stereocenters. The summed E-state index contributed by atoms with van der Waals surface area (Å²) in [5, 5.41) is 9.41. The number of phenols is 1. The van der Waals surface area contributed by atoms with Crippen LogP contribution in [0.2, 0.25) is 0 Å². The lowest BCUT2D eigenvalue weighted by molar-refractivity contribution is -0.145. The van der Waals surface area contributed by atoms with Gasteiger partial charge in [0.1, 0.15) is 5.75 Å². The molecule has 0 aromatic heterocycles. The Kier molecular flexibility index (Phi) is 6.40. The van der Waals surface area contributed by atoms with E-state index in [0.29, 0.717) is 6.42 Å². The first kappa shape index (κ1) is 15.5. The van der Waals surface area contributed by atoms with Gasteiger partial charge in [-0.1, -0.05) is 32.3 Å². The number of unbranched alkanes of at least 4 members (excludes halogenated alkanes) is 2. The number of hydrogen-bond acceptors (Lipinski definition) is 3. The molecular formula is C16H24O3. The van der Waals surface area contributed by atoms with Gasteiger partial charge in [-0.25, -0.2) is 0 Å². The number of rotatable bonds is 7. The van der Waals surface area contributed by atoms with Crippen molar-refractivity contribution in [2.45, 2.75) is 46.0 Å². The Morgan fingerprint density at radius 2 is 2.11 bits per heavy atom. The molecule has 1 N–H and O–H groups in total. The zero-order chi connectivity index (χ0) is 14.3. The molecule has 0 aliphatic carbocycles. The van der Waals surface area contributed by atoms with Gasteiger partial charge in [0, 0.05) is 0 Å². The molecule has 1 aromatic rings. The fourth-order valence-corrected chi connectivity index (χ4v) is 2.29. The number of carbonyl (C=O) groups excluding carboxylic acids is 1. The quantitative estimate of drug-likeness (QED) is 0.604. The number of ether oxygens (including phenoxy) is 1. The van der Waals surface area contributed by atoms with Crippen LogP contribution in [0.1, 0.15) is 43.7 Å². The van der Waals surface area contributed by atoms with Gasteiger partial charge in [0.05, 0.1) is 13.0 Å². The molecule has 0 radical (unpaired) electrons. The standard InChI is InChI=1S/C16H24O3/c1-4-5-6-7-14(16(18)19-3)11-13-8-9-15(17)10-12(13)2/h8-10,14,17H,4-7,11H2,1-3H3. The molecule has 0 bridgehead atoms. The lowest BCUT2D eigenvalue weighted by Gasteiger charge is -2.16. The maximum absolute atomic E-state index is 11.8. The van der Waals surface area contributed by atoms with Crippen molar-refractivity contribution in [1.29, 1.82) is 0 Å². The van der Waals surface area contributed by atoms with E-state index in [-0.39, 0.29) is 17.6 Å². The second-order valence-corrected chi connectivity index (χ2v) is 5.03. The predicted molar refractivity (Wildman–Crippen MR) is 76.2 cm³/mol. The van der Waals surface area contributed by atoms with E-state index in [1.54, 1.807) is 12.1 Å². The Morgan fingerprint density at radius 1 is 1.37 bits per heavy atom. The molecule has 0 amide bonds. The summed E-state index contributed by atoms with van der Waals surface area (Å²) in [7, 11) is 1.44. The summed E-state index contributed by atoms with van der Waals surface area (Å²) < 4.78 is 4.89. The third-order valence-corrected chi connectivity index (χ3v) is 3.48. The Balaban J connectivity index is 2.72. The van der Waals surface area contributed by atoms with Crippen molar-refractivity contribution in [2.24, 2.45) is 5.92 Å². The summed E-state index contributed by atoms with van der Waals surface area (Å²) in [5.74, 6) is 0.0465. The van der Waals surface area contributed by atoms with Crippen molar-refractivity contribution >= 4 is 5.97 Å². The maximum Gasteiger partial charge on any atom is 0.308 e. The highest BCUT2D eigenvalue weighted by atomic mass is 16.5. The molecular weight excluding hydrogens is 240 g/mol. The molecule has 1 unspecified atom stereocenters. The van der Waals surface area contributed by atoms with Gasteiger partial charge in [-0.3, -0.25) is 4.79 Å². The molecule has 1 aromatic carbocycles. The average molecular weight is 264 g/mol. The van der Waals surface area contributed by atoms with E-state index in [2.05, 4.69) is 6.92 Å². The topological polar surface area (TPSA) is 46.5 Å². The molecule has 0 aliphatic rings. The van der Waals surface area contributed by atoms with Gasteiger partial charge in [-0.15, -0.1) is 0 Å². The van der Waals surface area contributed by atoms with Crippen LogP contribution in [0.25, 0.3) is 0 Å². The summed E-state index contributed by atoms with van der Waals surface area (Å²) in [4.78, 5) is 11.8. The van der Waals surface area contributed by atoms with Crippen LogP contribution >= 0.6 is 0 Å². The number of aromatic hydroxyl groups is 1. The first-order valence-corrected chi connectivity index (χ1v) is 6.94. The third kappa shape index (κ3) is 4.93. The first-order chi connectivity index (χ1) is 9.08. The number of esters is 1. The second kappa shape index (κ2) is 7.82. The molecule has 0 aliphatic heterocycles. The van der Waals surface area contributed by atoms with Crippen LogP contribution in [0.5, 0.6) is 5.75 Å². The third-order valence-electron chi connectivity index (χ3n) is 3.48. The van der Waals surface area contributed by atoms with Crippen molar-refractivity contribution in [1.82, 2.24) is 0 Å². The maximum atomic E-state index is 11.8. The van der Waals surface area contributed by atoms with Crippen molar-refractivity contribution in [3.63, 3.8) is 0 Å². The highest BCUT2D eigenvalue weighted by Crippen LogP contribution is 2.22. The molecule has 19 heavy (non-hydrogen) atoms. The van der Waals surface area contributed by atoms with Gasteiger partial charge >= 0.3 is 5.97 Å². The van der Waals surface area contributed by atoms with Crippen molar-refractivity contribution in [2.75, 3.05) is 7.11 Å². The number of carbonyl (C=O) groups is 1. The normalized spacial score (nSPS) is 12.2. The number of phenolic OH excluding ortho intramolecular Hbond substituents is 1. The van der Waals surface area contributed by atoms with Crippen LogP contribution in [-0.2, 0) is 16.0 Å². The highest BCUT2D eigenvalue weighted by Gasteiger charge is 2.20. The largest absolute Gasteiger partial charge is 0.508 e. The van der Waals surface area contributed by atoms with E-state index < -0.39 is 0 Å². The van der Waals surface area contributed by atoms with Crippen LogP contribution in [0.3, 0.4) is 0 Å². The summed E-state index contributed by atoms with van der Waals surface area (Å²) in [6, 6.07) is 5.29. The van der Waals surface area contributed by atoms with Crippen LogP contribution in [-0.4, -0.2) is 18.2 Å². The van der Waals surface area contributed by atoms with Crippen molar-refractivity contribution < 1.29 is 14.6 Å². The fourth-order valence-electron chi connectivity index (χ4n) is 2.29. The monoisotopic (exact) mass is 264 g/mol. The molecule has 0 spiro atoms. The highest BCUT2D eigenvalue weighted by molar-refractivity contribution is 5.72. The second-order valence-electron chi connectivity index (χ2n) is 5.03. The van der Waals surface area contributed by atoms with Crippen LogP contribution in [0.15, 0.2) is 18.2 Å². The zero-order valence-electron chi connectivity index (χ0n) is 12.1. The Hall–Kier alpha value is -1.51. The number of hydrogen-bond donors (Lipinski definition) is 1. The molecule has 0 heterocycles. The molecule has 0 saturated carbocycles. The minimum atomic E-state index is -0.136. The first-order valence-electron chi connectivity index (χ1n) is 6.94. The van der Waals surface area contributed by atoms with Gasteiger partial charge in [-0.05, 0) is 43.0 Å². The minimum absolute atomic E-state index is 0.0835. The summed E-state index contributed by atoms with van der Waals surface area (Å²) in [6.45, 7) is 4.10. The number of aryl methyl sites for hydroxylation is 1. The molecule has 1 rings (SSSR count). The Labute approximate surface area is 115 Å². The lowest BCUT2D eigenvalue weighted by Crippen LogP contribution is -2.19. The number of methoxy groups -OCH3 is 1. The van der Waals surface area contributed by atoms with Crippen LogP contribution in [0.4, 0.5) is 0 Å². The van der Waals surface area contributed by atoms with Crippen molar-refractivity contribution in [3.8, 4) is 5.75 Å². The number of benzene rings is 1. The molecule has 0 saturated heterocycles. The zero-order valence-corrected chi connectivity index (χ0v) is 12.1. The Bertz CT molecular complexity index is 412.